The van der Waals surface area contributed by atoms with Crippen LogP contribution in [0.5, 0.6) is 5.75 Å². The summed E-state index contributed by atoms with van der Waals surface area (Å²) in [6, 6.07) is 8.75. The van der Waals surface area contributed by atoms with Gasteiger partial charge >= 0.3 is 5.97 Å². The van der Waals surface area contributed by atoms with Gasteiger partial charge in [-0.3, -0.25) is 0 Å². The van der Waals surface area contributed by atoms with Gasteiger partial charge in [-0.15, -0.1) is 0 Å². The van der Waals surface area contributed by atoms with E-state index in [2.05, 4.69) is 16.9 Å². The summed E-state index contributed by atoms with van der Waals surface area (Å²) in [7, 11) is 0. The minimum atomic E-state index is -1.14. The summed E-state index contributed by atoms with van der Waals surface area (Å²) < 4.78 is 5.79. The third kappa shape index (κ3) is 3.94. The molecule has 2 aromatic rings. The Morgan fingerprint density at radius 3 is 2.77 bits per heavy atom. The number of carboxylic acid groups (broad SMARTS) is 1. The van der Waals surface area contributed by atoms with E-state index in [0.29, 0.717) is 23.6 Å². The Kier molecular flexibility index (Phi) is 5.30. The number of unbranched alkanes of at least 4 members (excludes halogenated alkanes) is 2. The van der Waals surface area contributed by atoms with Gasteiger partial charge in [0.2, 0.25) is 5.95 Å². The number of ether oxygens (including phenoxy) is 1. The van der Waals surface area contributed by atoms with Crippen LogP contribution in [0, 0.1) is 0 Å². The summed E-state index contributed by atoms with van der Waals surface area (Å²) in [4.78, 5) is 18.9. The summed E-state index contributed by atoms with van der Waals surface area (Å²) in [5.74, 6) is -0.555. The second kappa shape index (κ2) is 7.40. The lowest BCUT2D eigenvalue weighted by Gasteiger charge is -2.11. The van der Waals surface area contributed by atoms with Crippen molar-refractivity contribution >= 4 is 11.9 Å². The first kappa shape index (κ1) is 15.8. The Morgan fingerprint density at radius 1 is 1.27 bits per heavy atom. The van der Waals surface area contributed by atoms with E-state index in [1.165, 1.54) is 6.07 Å². The zero-order valence-electron chi connectivity index (χ0n) is 12.5. The Balaban J connectivity index is 2.30. The van der Waals surface area contributed by atoms with Crippen LogP contribution in [0.4, 0.5) is 5.95 Å². The van der Waals surface area contributed by atoms with Gasteiger partial charge in [-0.1, -0.05) is 31.9 Å². The predicted octanol–water partition coefficient (Wildman–Crippen LogP) is 2.99. The van der Waals surface area contributed by atoms with Crippen LogP contribution in [0.3, 0.4) is 0 Å². The molecule has 0 radical (unpaired) electrons. The number of nitrogen functional groups attached to an aromatic ring is 1. The van der Waals surface area contributed by atoms with Gasteiger partial charge in [-0.25, -0.2) is 14.8 Å². The largest absolute Gasteiger partial charge is 0.493 e. The zero-order valence-corrected chi connectivity index (χ0v) is 12.5. The molecule has 0 aliphatic heterocycles. The van der Waals surface area contributed by atoms with E-state index in [-0.39, 0.29) is 11.6 Å². The fraction of sp³-hybridized carbons (Fsp3) is 0.312. The Bertz CT molecular complexity index is 659. The first-order valence-electron chi connectivity index (χ1n) is 7.22. The van der Waals surface area contributed by atoms with Gasteiger partial charge in [0.25, 0.3) is 0 Å². The monoisotopic (exact) mass is 301 g/mol. The molecule has 0 saturated carbocycles. The minimum absolute atomic E-state index is 0.0734. The van der Waals surface area contributed by atoms with E-state index in [4.69, 9.17) is 15.6 Å². The molecule has 0 fully saturated rings. The van der Waals surface area contributed by atoms with Crippen molar-refractivity contribution in [1.82, 2.24) is 9.97 Å². The molecule has 6 nitrogen and oxygen atoms in total. The van der Waals surface area contributed by atoms with E-state index in [1.54, 1.807) is 0 Å². The number of rotatable bonds is 7. The molecule has 1 aromatic heterocycles. The number of carboxylic acids is 1. The predicted molar refractivity (Wildman–Crippen MR) is 83.9 cm³/mol. The summed E-state index contributed by atoms with van der Waals surface area (Å²) in [5.41, 5.74) is 6.61. The van der Waals surface area contributed by atoms with Gasteiger partial charge in [-0.05, 0) is 24.6 Å². The summed E-state index contributed by atoms with van der Waals surface area (Å²) in [6.07, 6.45) is 3.19. The Labute approximate surface area is 129 Å². The van der Waals surface area contributed by atoms with Crippen LogP contribution in [0.25, 0.3) is 11.3 Å². The van der Waals surface area contributed by atoms with E-state index in [9.17, 15) is 4.79 Å². The van der Waals surface area contributed by atoms with Crippen LogP contribution >= 0.6 is 0 Å². The first-order chi connectivity index (χ1) is 10.6. The molecule has 1 heterocycles. The zero-order chi connectivity index (χ0) is 15.9. The number of anilines is 1. The van der Waals surface area contributed by atoms with Crippen molar-refractivity contribution in [1.29, 1.82) is 0 Å². The quantitative estimate of drug-likeness (QED) is 0.763. The molecule has 116 valence electrons. The summed E-state index contributed by atoms with van der Waals surface area (Å²) in [6.45, 7) is 2.74. The van der Waals surface area contributed by atoms with Crippen molar-refractivity contribution in [3.63, 3.8) is 0 Å². The van der Waals surface area contributed by atoms with Crippen LogP contribution < -0.4 is 10.5 Å². The molecule has 0 saturated heterocycles. The van der Waals surface area contributed by atoms with Crippen LogP contribution in [-0.2, 0) is 0 Å². The molecule has 0 aliphatic rings. The second-order valence-electron chi connectivity index (χ2n) is 4.85. The lowest BCUT2D eigenvalue weighted by atomic mass is 10.1. The molecule has 0 amide bonds. The normalized spacial score (nSPS) is 10.4. The molecule has 6 heteroatoms. The number of hydrogen-bond donors (Lipinski definition) is 2. The number of aromatic carboxylic acids is 1. The maximum absolute atomic E-state index is 11.1. The molecule has 3 N–H and O–H groups in total. The van der Waals surface area contributed by atoms with Crippen molar-refractivity contribution in [3.05, 3.63) is 36.0 Å². The van der Waals surface area contributed by atoms with Crippen LogP contribution in [0.15, 0.2) is 30.3 Å². The van der Waals surface area contributed by atoms with Crippen LogP contribution in [0.1, 0.15) is 36.7 Å². The smallest absolute Gasteiger partial charge is 0.354 e. The standard InChI is InChI=1S/C16H19N3O3/c1-2-3-6-9-22-14-8-5-4-7-11(14)12-10-13(15(20)21)19-16(17)18-12/h4-5,7-8,10H,2-3,6,9H2,1H3,(H,20,21)(H2,17,18,19). The molecule has 22 heavy (non-hydrogen) atoms. The molecular formula is C16H19N3O3. The molecule has 0 unspecified atom stereocenters. The summed E-state index contributed by atoms with van der Waals surface area (Å²) >= 11 is 0. The fourth-order valence-corrected chi connectivity index (χ4v) is 2.05. The summed E-state index contributed by atoms with van der Waals surface area (Å²) in [5, 5.41) is 9.07. The van der Waals surface area contributed by atoms with Crippen molar-refractivity contribution < 1.29 is 14.6 Å². The van der Waals surface area contributed by atoms with E-state index in [1.807, 2.05) is 24.3 Å². The highest BCUT2D eigenvalue weighted by molar-refractivity contribution is 5.87. The number of para-hydroxylation sites is 1. The lowest BCUT2D eigenvalue weighted by molar-refractivity contribution is 0.0690. The molecular weight excluding hydrogens is 282 g/mol. The molecule has 2 rings (SSSR count). The molecule has 0 atom stereocenters. The number of carbonyl (C=O) groups is 1. The van der Waals surface area contributed by atoms with Gasteiger partial charge in [0, 0.05) is 5.56 Å². The van der Waals surface area contributed by atoms with Crippen molar-refractivity contribution in [2.75, 3.05) is 12.3 Å². The number of nitrogens with two attached hydrogens (primary N) is 1. The Hall–Kier alpha value is -2.63. The van der Waals surface area contributed by atoms with E-state index >= 15 is 0 Å². The Morgan fingerprint density at radius 2 is 2.05 bits per heavy atom. The first-order valence-corrected chi connectivity index (χ1v) is 7.22. The molecule has 0 spiro atoms. The molecule has 0 aliphatic carbocycles. The van der Waals surface area contributed by atoms with Crippen molar-refractivity contribution in [3.8, 4) is 17.0 Å². The number of hydrogen-bond acceptors (Lipinski definition) is 5. The van der Waals surface area contributed by atoms with Crippen molar-refractivity contribution in [2.24, 2.45) is 0 Å². The van der Waals surface area contributed by atoms with E-state index < -0.39 is 5.97 Å². The maximum Gasteiger partial charge on any atom is 0.354 e. The fourth-order valence-electron chi connectivity index (χ4n) is 2.05. The average molecular weight is 301 g/mol. The van der Waals surface area contributed by atoms with Gasteiger partial charge in [-0.2, -0.15) is 0 Å². The van der Waals surface area contributed by atoms with Gasteiger partial charge in [0.1, 0.15) is 5.75 Å². The van der Waals surface area contributed by atoms with Gasteiger partial charge < -0.3 is 15.6 Å². The highest BCUT2D eigenvalue weighted by Crippen LogP contribution is 2.29. The SMILES string of the molecule is CCCCCOc1ccccc1-c1cc(C(=O)O)nc(N)n1. The number of nitrogens with zero attached hydrogens (tertiary/aromatic N) is 2. The van der Waals surface area contributed by atoms with Gasteiger partial charge in [0.15, 0.2) is 5.69 Å². The van der Waals surface area contributed by atoms with Crippen LogP contribution in [0.2, 0.25) is 0 Å². The van der Waals surface area contributed by atoms with Crippen molar-refractivity contribution in [2.45, 2.75) is 26.2 Å². The third-order valence-corrected chi connectivity index (χ3v) is 3.13. The average Bonchev–Trinajstić information content (AvgIpc) is 2.51. The minimum Gasteiger partial charge on any atom is -0.493 e. The third-order valence-electron chi connectivity index (χ3n) is 3.13. The molecule has 1 aromatic carbocycles. The maximum atomic E-state index is 11.1. The second-order valence-corrected chi connectivity index (χ2v) is 4.85. The number of benzene rings is 1. The highest BCUT2D eigenvalue weighted by atomic mass is 16.5. The lowest BCUT2D eigenvalue weighted by Crippen LogP contribution is -2.06. The van der Waals surface area contributed by atoms with E-state index in [0.717, 1.165) is 19.3 Å². The van der Waals surface area contributed by atoms with Crippen LogP contribution in [-0.4, -0.2) is 27.7 Å². The number of aromatic nitrogens is 2. The topological polar surface area (TPSA) is 98.3 Å². The molecule has 0 bridgehead atoms. The van der Waals surface area contributed by atoms with Gasteiger partial charge in [0.05, 0.1) is 12.3 Å². The highest BCUT2D eigenvalue weighted by Gasteiger charge is 2.13.